The van der Waals surface area contributed by atoms with Crippen molar-refractivity contribution in [2.75, 3.05) is 5.73 Å². The molecule has 0 aliphatic carbocycles. The van der Waals surface area contributed by atoms with Crippen LogP contribution in [0, 0.1) is 0 Å². The van der Waals surface area contributed by atoms with Crippen LogP contribution in [0.3, 0.4) is 0 Å². The third-order valence-electron chi connectivity index (χ3n) is 2.66. The fourth-order valence-corrected chi connectivity index (χ4v) is 1.69. The number of ether oxygens (including phenoxy) is 1. The van der Waals surface area contributed by atoms with E-state index in [-0.39, 0.29) is 12.0 Å². The fourth-order valence-electron chi connectivity index (χ4n) is 1.69. The lowest BCUT2D eigenvalue weighted by atomic mass is 10.2. The van der Waals surface area contributed by atoms with Crippen molar-refractivity contribution in [3.8, 4) is 5.88 Å². The van der Waals surface area contributed by atoms with Gasteiger partial charge in [-0.2, -0.15) is 0 Å². The van der Waals surface area contributed by atoms with Gasteiger partial charge in [-0.1, -0.05) is 6.07 Å². The monoisotopic (exact) mass is 286 g/mol. The quantitative estimate of drug-likeness (QED) is 0.874. The molecule has 2 rings (SSSR count). The standard InChI is InChI=1S/C15H18N4O2/c1-10(2)21-15-11(4-3-7-17-15)8-19-14(20)13-6-5-12(16)9-18-13/h3-7,9-10H,8,16H2,1-2H3,(H,19,20). The number of pyridine rings is 2. The minimum absolute atomic E-state index is 0.0214. The van der Waals surface area contributed by atoms with Gasteiger partial charge in [0.05, 0.1) is 18.0 Å². The van der Waals surface area contributed by atoms with Crippen molar-refractivity contribution < 1.29 is 9.53 Å². The number of hydrogen-bond donors (Lipinski definition) is 2. The number of nitrogens with two attached hydrogens (primary N) is 1. The van der Waals surface area contributed by atoms with E-state index in [2.05, 4.69) is 15.3 Å². The van der Waals surface area contributed by atoms with E-state index in [9.17, 15) is 4.79 Å². The summed E-state index contributed by atoms with van der Waals surface area (Å²) in [4.78, 5) is 20.1. The number of carbonyl (C=O) groups is 1. The molecule has 0 aliphatic heterocycles. The molecule has 0 radical (unpaired) electrons. The van der Waals surface area contributed by atoms with Crippen molar-refractivity contribution in [1.82, 2.24) is 15.3 Å². The molecular formula is C15H18N4O2. The first-order chi connectivity index (χ1) is 10.1. The lowest BCUT2D eigenvalue weighted by molar-refractivity contribution is 0.0945. The van der Waals surface area contributed by atoms with Crippen molar-refractivity contribution in [2.24, 2.45) is 0 Å². The smallest absolute Gasteiger partial charge is 0.270 e. The van der Waals surface area contributed by atoms with Crippen LogP contribution in [-0.4, -0.2) is 22.0 Å². The summed E-state index contributed by atoms with van der Waals surface area (Å²) in [6.45, 7) is 4.17. The SMILES string of the molecule is CC(C)Oc1ncccc1CNC(=O)c1ccc(N)cn1. The molecule has 1 amide bonds. The number of hydrogen-bond acceptors (Lipinski definition) is 5. The van der Waals surface area contributed by atoms with E-state index in [0.717, 1.165) is 5.56 Å². The summed E-state index contributed by atoms with van der Waals surface area (Å²) in [6.07, 6.45) is 3.13. The number of nitrogen functional groups attached to an aromatic ring is 1. The van der Waals surface area contributed by atoms with E-state index in [1.165, 1.54) is 6.20 Å². The summed E-state index contributed by atoms with van der Waals surface area (Å²) in [5.41, 5.74) is 7.19. The second kappa shape index (κ2) is 6.69. The molecule has 110 valence electrons. The second-order valence-corrected chi connectivity index (χ2v) is 4.79. The van der Waals surface area contributed by atoms with Crippen molar-refractivity contribution in [3.63, 3.8) is 0 Å². The van der Waals surface area contributed by atoms with Crippen LogP contribution in [0.2, 0.25) is 0 Å². The highest BCUT2D eigenvalue weighted by molar-refractivity contribution is 5.92. The van der Waals surface area contributed by atoms with Crippen LogP contribution in [0.4, 0.5) is 5.69 Å². The Morgan fingerprint density at radius 2 is 2.14 bits per heavy atom. The molecule has 0 fully saturated rings. The van der Waals surface area contributed by atoms with Gasteiger partial charge in [0.25, 0.3) is 5.91 Å². The minimum Gasteiger partial charge on any atom is -0.475 e. The number of amides is 1. The highest BCUT2D eigenvalue weighted by atomic mass is 16.5. The van der Waals surface area contributed by atoms with Crippen LogP contribution in [-0.2, 0) is 6.54 Å². The van der Waals surface area contributed by atoms with Gasteiger partial charge in [0.2, 0.25) is 5.88 Å². The van der Waals surface area contributed by atoms with Crippen LogP contribution in [0.15, 0.2) is 36.7 Å². The zero-order chi connectivity index (χ0) is 15.2. The van der Waals surface area contributed by atoms with E-state index >= 15 is 0 Å². The number of nitrogens with one attached hydrogen (secondary N) is 1. The molecule has 0 atom stereocenters. The average molecular weight is 286 g/mol. The Morgan fingerprint density at radius 3 is 2.81 bits per heavy atom. The van der Waals surface area contributed by atoms with Gasteiger partial charge in [0, 0.05) is 18.3 Å². The first kappa shape index (κ1) is 14.8. The minimum atomic E-state index is -0.269. The number of carbonyl (C=O) groups excluding carboxylic acids is 1. The summed E-state index contributed by atoms with van der Waals surface area (Å²) in [5, 5.41) is 2.79. The van der Waals surface area contributed by atoms with Gasteiger partial charge in [-0.3, -0.25) is 4.79 Å². The Bertz CT molecular complexity index is 611. The van der Waals surface area contributed by atoms with Gasteiger partial charge in [-0.05, 0) is 32.0 Å². The Balaban J connectivity index is 2.02. The van der Waals surface area contributed by atoms with Crippen LogP contribution in [0.1, 0.15) is 29.9 Å². The van der Waals surface area contributed by atoms with Gasteiger partial charge in [-0.25, -0.2) is 9.97 Å². The lowest BCUT2D eigenvalue weighted by Gasteiger charge is -2.13. The molecule has 3 N–H and O–H groups in total. The van der Waals surface area contributed by atoms with Crippen LogP contribution in [0.25, 0.3) is 0 Å². The maximum absolute atomic E-state index is 12.0. The molecule has 2 heterocycles. The Labute approximate surface area is 123 Å². The highest BCUT2D eigenvalue weighted by Crippen LogP contribution is 2.15. The van der Waals surface area contributed by atoms with Gasteiger partial charge in [-0.15, -0.1) is 0 Å². The van der Waals surface area contributed by atoms with Gasteiger partial charge in [0.15, 0.2) is 0 Å². The van der Waals surface area contributed by atoms with Gasteiger partial charge >= 0.3 is 0 Å². The molecule has 0 saturated carbocycles. The number of rotatable bonds is 5. The Kier molecular flexibility index (Phi) is 4.71. The molecule has 0 spiro atoms. The molecule has 0 unspecified atom stereocenters. The number of aromatic nitrogens is 2. The molecule has 0 aliphatic rings. The molecule has 0 bridgehead atoms. The fraction of sp³-hybridized carbons (Fsp3) is 0.267. The van der Waals surface area contributed by atoms with Crippen LogP contribution >= 0.6 is 0 Å². The van der Waals surface area contributed by atoms with E-state index in [1.807, 2.05) is 19.9 Å². The normalized spacial score (nSPS) is 10.4. The van der Waals surface area contributed by atoms with E-state index in [1.54, 1.807) is 24.4 Å². The van der Waals surface area contributed by atoms with Crippen LogP contribution < -0.4 is 15.8 Å². The lowest BCUT2D eigenvalue weighted by Crippen LogP contribution is -2.24. The van der Waals surface area contributed by atoms with Crippen molar-refractivity contribution in [1.29, 1.82) is 0 Å². The van der Waals surface area contributed by atoms with Crippen molar-refractivity contribution >= 4 is 11.6 Å². The summed E-state index contributed by atoms with van der Waals surface area (Å²) in [7, 11) is 0. The van der Waals surface area contributed by atoms with Crippen molar-refractivity contribution in [2.45, 2.75) is 26.5 Å². The largest absolute Gasteiger partial charge is 0.475 e. The van der Waals surface area contributed by atoms with E-state index in [4.69, 9.17) is 10.5 Å². The maximum Gasteiger partial charge on any atom is 0.270 e. The van der Waals surface area contributed by atoms with E-state index < -0.39 is 0 Å². The molecule has 2 aromatic rings. The second-order valence-electron chi connectivity index (χ2n) is 4.79. The predicted octanol–water partition coefficient (Wildman–Crippen LogP) is 1.78. The first-order valence-electron chi connectivity index (χ1n) is 6.66. The van der Waals surface area contributed by atoms with Gasteiger partial charge in [0.1, 0.15) is 5.69 Å². The molecule has 0 aromatic carbocycles. The Hall–Kier alpha value is -2.63. The summed E-state index contributed by atoms with van der Waals surface area (Å²) in [6, 6.07) is 6.89. The summed E-state index contributed by atoms with van der Waals surface area (Å²) in [5.74, 6) is 0.257. The molecule has 2 aromatic heterocycles. The number of anilines is 1. The summed E-state index contributed by atoms with van der Waals surface area (Å²) >= 11 is 0. The van der Waals surface area contributed by atoms with E-state index in [0.29, 0.717) is 23.8 Å². The maximum atomic E-state index is 12.0. The van der Waals surface area contributed by atoms with Gasteiger partial charge < -0.3 is 15.8 Å². The zero-order valence-electron chi connectivity index (χ0n) is 12.0. The Morgan fingerprint density at radius 1 is 1.33 bits per heavy atom. The summed E-state index contributed by atoms with van der Waals surface area (Å²) < 4.78 is 5.60. The molecule has 21 heavy (non-hydrogen) atoms. The van der Waals surface area contributed by atoms with Crippen molar-refractivity contribution in [3.05, 3.63) is 47.9 Å². The number of nitrogens with zero attached hydrogens (tertiary/aromatic N) is 2. The third kappa shape index (κ3) is 4.17. The zero-order valence-corrected chi connectivity index (χ0v) is 12.0. The molecule has 6 heteroatoms. The third-order valence-corrected chi connectivity index (χ3v) is 2.66. The van der Waals surface area contributed by atoms with Crippen LogP contribution in [0.5, 0.6) is 5.88 Å². The predicted molar refractivity (Wildman–Crippen MR) is 79.8 cm³/mol. The molecular weight excluding hydrogens is 268 g/mol. The topological polar surface area (TPSA) is 90.1 Å². The first-order valence-corrected chi connectivity index (χ1v) is 6.66. The molecule has 0 saturated heterocycles. The average Bonchev–Trinajstić information content (AvgIpc) is 2.46. The highest BCUT2D eigenvalue weighted by Gasteiger charge is 2.10. The molecule has 6 nitrogen and oxygen atoms in total.